The Morgan fingerprint density at radius 2 is 1.62 bits per heavy atom. The second kappa shape index (κ2) is 8.88. The zero-order chi connectivity index (χ0) is 22.9. The summed E-state index contributed by atoms with van der Waals surface area (Å²) in [5, 5.41) is 0. The number of nitrogens with zero attached hydrogens (tertiary/aromatic N) is 1. The van der Waals surface area contributed by atoms with Crippen molar-refractivity contribution in [1.82, 2.24) is 4.31 Å². The summed E-state index contributed by atoms with van der Waals surface area (Å²) in [4.78, 5) is 13.2. The van der Waals surface area contributed by atoms with Crippen molar-refractivity contribution in [3.05, 3.63) is 89.0 Å². The Morgan fingerprint density at radius 1 is 0.969 bits per heavy atom. The highest BCUT2D eigenvalue weighted by Crippen LogP contribution is 2.30. The van der Waals surface area contributed by atoms with Crippen molar-refractivity contribution in [3.63, 3.8) is 0 Å². The van der Waals surface area contributed by atoms with E-state index in [1.54, 1.807) is 13.0 Å². The van der Waals surface area contributed by atoms with Gasteiger partial charge in [-0.25, -0.2) is 13.2 Å². The van der Waals surface area contributed by atoms with Crippen LogP contribution < -0.4 is 4.74 Å². The summed E-state index contributed by atoms with van der Waals surface area (Å²) in [6.07, 6.45) is 0.300. The molecular weight excluding hydrogens is 422 g/mol. The smallest absolute Gasteiger partial charge is 0.330 e. The maximum absolute atomic E-state index is 13.2. The van der Waals surface area contributed by atoms with E-state index in [0.717, 1.165) is 27.8 Å². The van der Waals surface area contributed by atoms with Gasteiger partial charge in [-0.05, 0) is 60.7 Å². The molecule has 0 aromatic heterocycles. The SMILES string of the molecule is CCS(=O)(=O)N1Cc2ccccc2C[C@H]1C(=O)Oc1ccc(-c2ccc(C)cc2)cc1C. The molecule has 0 saturated carbocycles. The highest BCUT2D eigenvalue weighted by atomic mass is 32.2. The molecule has 1 heterocycles. The molecule has 5 nitrogen and oxygen atoms in total. The first-order valence-electron chi connectivity index (χ1n) is 10.7. The van der Waals surface area contributed by atoms with Gasteiger partial charge < -0.3 is 4.74 Å². The number of carbonyl (C=O) groups excluding carboxylic acids is 1. The van der Waals surface area contributed by atoms with Crippen molar-refractivity contribution in [3.8, 4) is 16.9 Å². The van der Waals surface area contributed by atoms with E-state index < -0.39 is 22.0 Å². The molecule has 32 heavy (non-hydrogen) atoms. The van der Waals surface area contributed by atoms with Crippen LogP contribution in [-0.2, 0) is 27.8 Å². The first-order valence-corrected chi connectivity index (χ1v) is 12.3. The zero-order valence-electron chi connectivity index (χ0n) is 18.5. The van der Waals surface area contributed by atoms with E-state index >= 15 is 0 Å². The summed E-state index contributed by atoms with van der Waals surface area (Å²) in [5.41, 5.74) is 6.02. The maximum atomic E-state index is 13.2. The van der Waals surface area contributed by atoms with Crippen LogP contribution in [0.4, 0.5) is 0 Å². The third-order valence-corrected chi connectivity index (χ3v) is 7.80. The summed E-state index contributed by atoms with van der Waals surface area (Å²) in [5.74, 6) is -0.176. The van der Waals surface area contributed by atoms with E-state index in [0.29, 0.717) is 12.2 Å². The average molecular weight is 450 g/mol. The number of esters is 1. The normalized spacial score (nSPS) is 16.4. The highest BCUT2D eigenvalue weighted by Gasteiger charge is 2.39. The van der Waals surface area contributed by atoms with E-state index in [9.17, 15) is 13.2 Å². The number of hydrogen-bond acceptors (Lipinski definition) is 4. The lowest BCUT2D eigenvalue weighted by Gasteiger charge is -2.34. The third kappa shape index (κ3) is 4.47. The lowest BCUT2D eigenvalue weighted by atomic mass is 9.96. The summed E-state index contributed by atoms with van der Waals surface area (Å²) in [6.45, 7) is 5.70. The van der Waals surface area contributed by atoms with E-state index in [1.165, 1.54) is 9.87 Å². The number of rotatable bonds is 5. The van der Waals surface area contributed by atoms with Crippen molar-refractivity contribution < 1.29 is 17.9 Å². The largest absolute Gasteiger partial charge is 0.425 e. The van der Waals surface area contributed by atoms with Crippen LogP contribution in [-0.4, -0.2) is 30.5 Å². The number of carbonyl (C=O) groups is 1. The van der Waals surface area contributed by atoms with Crippen LogP contribution in [0.15, 0.2) is 66.7 Å². The van der Waals surface area contributed by atoms with E-state index in [4.69, 9.17) is 4.74 Å². The van der Waals surface area contributed by atoms with Gasteiger partial charge in [0.1, 0.15) is 11.8 Å². The Kier molecular flexibility index (Phi) is 6.17. The van der Waals surface area contributed by atoms with Crippen LogP contribution in [0.3, 0.4) is 0 Å². The van der Waals surface area contributed by atoms with Gasteiger partial charge in [0.25, 0.3) is 0 Å². The predicted octanol–water partition coefficient (Wildman–Crippen LogP) is 4.65. The molecule has 1 atom stereocenters. The van der Waals surface area contributed by atoms with Crippen LogP contribution in [0.1, 0.15) is 29.2 Å². The molecule has 0 spiro atoms. The van der Waals surface area contributed by atoms with Gasteiger partial charge in [0.2, 0.25) is 10.0 Å². The molecule has 0 fully saturated rings. The number of aryl methyl sites for hydroxylation is 2. The minimum atomic E-state index is -3.57. The predicted molar refractivity (Wildman–Crippen MR) is 126 cm³/mol. The summed E-state index contributed by atoms with van der Waals surface area (Å²) in [6, 6.07) is 20.6. The molecule has 0 bridgehead atoms. The van der Waals surface area contributed by atoms with Crippen molar-refractivity contribution >= 4 is 16.0 Å². The number of hydrogen-bond donors (Lipinski definition) is 0. The lowest BCUT2D eigenvalue weighted by Crippen LogP contribution is -2.50. The molecule has 166 valence electrons. The summed E-state index contributed by atoms with van der Waals surface area (Å²) >= 11 is 0. The molecule has 0 amide bonds. The van der Waals surface area contributed by atoms with Gasteiger partial charge in [-0.3, -0.25) is 0 Å². The molecule has 3 aromatic carbocycles. The zero-order valence-corrected chi connectivity index (χ0v) is 19.4. The number of benzene rings is 3. The van der Waals surface area contributed by atoms with Gasteiger partial charge in [0.05, 0.1) is 5.75 Å². The average Bonchev–Trinajstić information content (AvgIpc) is 2.80. The molecule has 0 aliphatic carbocycles. The minimum Gasteiger partial charge on any atom is -0.425 e. The van der Waals surface area contributed by atoms with Crippen molar-refractivity contribution in [2.24, 2.45) is 0 Å². The highest BCUT2D eigenvalue weighted by molar-refractivity contribution is 7.89. The maximum Gasteiger partial charge on any atom is 0.330 e. The Labute approximate surface area is 189 Å². The van der Waals surface area contributed by atoms with E-state index in [2.05, 4.69) is 24.3 Å². The Morgan fingerprint density at radius 3 is 2.28 bits per heavy atom. The fourth-order valence-corrected chi connectivity index (χ4v) is 5.24. The molecule has 0 saturated heterocycles. The molecule has 0 radical (unpaired) electrons. The molecule has 6 heteroatoms. The van der Waals surface area contributed by atoms with Gasteiger partial charge in [-0.1, -0.05) is 60.2 Å². The second-order valence-corrected chi connectivity index (χ2v) is 10.4. The van der Waals surface area contributed by atoms with Crippen LogP contribution >= 0.6 is 0 Å². The lowest BCUT2D eigenvalue weighted by molar-refractivity contribution is -0.139. The van der Waals surface area contributed by atoms with Gasteiger partial charge in [-0.15, -0.1) is 0 Å². The third-order valence-electron chi connectivity index (χ3n) is 5.97. The first-order chi connectivity index (χ1) is 15.3. The van der Waals surface area contributed by atoms with Crippen LogP contribution in [0.5, 0.6) is 5.75 Å². The fourth-order valence-electron chi connectivity index (χ4n) is 4.02. The summed E-state index contributed by atoms with van der Waals surface area (Å²) < 4.78 is 32.5. The monoisotopic (exact) mass is 449 g/mol. The Bertz CT molecular complexity index is 1250. The number of fused-ring (bicyclic) bond motifs is 1. The van der Waals surface area contributed by atoms with Crippen LogP contribution in [0, 0.1) is 13.8 Å². The second-order valence-electron chi connectivity index (χ2n) is 8.20. The topological polar surface area (TPSA) is 63.7 Å². The van der Waals surface area contributed by atoms with Crippen LogP contribution in [0.2, 0.25) is 0 Å². The molecule has 0 N–H and O–H groups in total. The van der Waals surface area contributed by atoms with Gasteiger partial charge >= 0.3 is 5.97 Å². The van der Waals surface area contributed by atoms with Crippen LogP contribution in [0.25, 0.3) is 11.1 Å². The summed E-state index contributed by atoms with van der Waals surface area (Å²) in [7, 11) is -3.57. The first kappa shape index (κ1) is 22.2. The molecule has 3 aromatic rings. The van der Waals surface area contributed by atoms with E-state index in [-0.39, 0.29) is 12.3 Å². The van der Waals surface area contributed by atoms with Gasteiger partial charge in [-0.2, -0.15) is 4.31 Å². The quantitative estimate of drug-likeness (QED) is 0.420. The molecular formula is C26H27NO4S. The number of ether oxygens (including phenoxy) is 1. The molecule has 4 rings (SSSR count). The van der Waals surface area contributed by atoms with Crippen molar-refractivity contribution in [2.75, 3.05) is 5.75 Å². The fraction of sp³-hybridized carbons (Fsp3) is 0.269. The molecule has 1 aliphatic rings. The standard InChI is InChI=1S/C26H27NO4S/c1-4-32(29,30)27-17-23-8-6-5-7-21(23)16-24(27)26(28)31-25-14-13-22(15-19(25)3)20-11-9-18(2)10-12-20/h5-15,24H,4,16-17H2,1-3H3/t24-/m0/s1. The van der Waals surface area contributed by atoms with Gasteiger partial charge in [0, 0.05) is 13.0 Å². The van der Waals surface area contributed by atoms with E-state index in [1.807, 2.05) is 50.2 Å². The van der Waals surface area contributed by atoms with Crippen molar-refractivity contribution in [1.29, 1.82) is 0 Å². The Balaban J connectivity index is 1.60. The Hall–Kier alpha value is -2.96. The number of sulfonamides is 1. The molecule has 0 unspecified atom stereocenters. The van der Waals surface area contributed by atoms with Crippen molar-refractivity contribution in [2.45, 2.75) is 39.8 Å². The van der Waals surface area contributed by atoms with Gasteiger partial charge in [0.15, 0.2) is 0 Å². The minimum absolute atomic E-state index is 0.0662. The molecule has 1 aliphatic heterocycles.